The van der Waals surface area contributed by atoms with E-state index in [1.165, 1.54) is 5.57 Å². The van der Waals surface area contributed by atoms with Gasteiger partial charge in [0.1, 0.15) is 6.61 Å². The molecule has 2 rings (SSSR count). The van der Waals surface area contributed by atoms with Gasteiger partial charge in [0, 0.05) is 10.7 Å². The topological polar surface area (TPSA) is 48.1 Å². The van der Waals surface area contributed by atoms with Crippen LogP contribution in [0.4, 0.5) is 5.82 Å². The summed E-state index contributed by atoms with van der Waals surface area (Å²) in [7, 11) is 0. The largest absolute Gasteiger partial charge is 0.485 e. The molecule has 0 fully saturated rings. The van der Waals surface area contributed by atoms with E-state index in [1.807, 2.05) is 6.07 Å². The van der Waals surface area contributed by atoms with Gasteiger partial charge in [0.2, 0.25) is 0 Å². The number of halogens is 1. The van der Waals surface area contributed by atoms with Crippen molar-refractivity contribution >= 4 is 21.7 Å². The molecule has 0 aromatic carbocycles. The van der Waals surface area contributed by atoms with Crippen molar-refractivity contribution in [2.45, 2.75) is 12.8 Å². The van der Waals surface area contributed by atoms with Gasteiger partial charge in [-0.25, -0.2) is 4.98 Å². The lowest BCUT2D eigenvalue weighted by molar-refractivity contribution is 0.355. The van der Waals surface area contributed by atoms with Crippen LogP contribution in [0.25, 0.3) is 0 Å². The van der Waals surface area contributed by atoms with E-state index in [2.05, 4.69) is 39.1 Å². The summed E-state index contributed by atoms with van der Waals surface area (Å²) in [6.07, 6.45) is 10.3. The molecule has 0 aliphatic heterocycles. The zero-order valence-corrected chi connectivity index (χ0v) is 10.4. The molecule has 0 atom stereocenters. The number of nitrogen functional groups attached to an aromatic ring is 1. The maximum Gasteiger partial charge on any atom is 0.166 e. The smallest absolute Gasteiger partial charge is 0.166 e. The van der Waals surface area contributed by atoms with Crippen molar-refractivity contribution in [1.82, 2.24) is 4.98 Å². The molecule has 0 radical (unpaired) electrons. The molecule has 4 heteroatoms. The van der Waals surface area contributed by atoms with Crippen molar-refractivity contribution in [1.29, 1.82) is 0 Å². The fourth-order valence-corrected chi connectivity index (χ4v) is 1.79. The fraction of sp³-hybridized carbons (Fsp3) is 0.250. The summed E-state index contributed by atoms with van der Waals surface area (Å²) in [6, 6.07) is 1.83. The molecule has 16 heavy (non-hydrogen) atoms. The number of pyridine rings is 1. The highest BCUT2D eigenvalue weighted by atomic mass is 79.9. The summed E-state index contributed by atoms with van der Waals surface area (Å²) in [5.74, 6) is 1.04. The van der Waals surface area contributed by atoms with E-state index in [4.69, 9.17) is 10.5 Å². The third kappa shape index (κ3) is 2.85. The quantitative estimate of drug-likeness (QED) is 0.926. The molecule has 1 aromatic rings. The SMILES string of the molecule is Nc1ncc(Br)cc1OCC1=CCCC=C1. The van der Waals surface area contributed by atoms with E-state index in [9.17, 15) is 0 Å². The Hall–Kier alpha value is -1.29. The molecule has 84 valence electrons. The summed E-state index contributed by atoms with van der Waals surface area (Å²) in [5, 5.41) is 0. The normalized spacial score (nSPS) is 14.7. The van der Waals surface area contributed by atoms with Gasteiger partial charge in [0.05, 0.1) is 0 Å². The molecule has 1 aliphatic carbocycles. The molecule has 0 saturated carbocycles. The number of anilines is 1. The van der Waals surface area contributed by atoms with Crippen LogP contribution in [0.2, 0.25) is 0 Å². The molecule has 1 heterocycles. The second-order valence-electron chi connectivity index (χ2n) is 3.58. The molecule has 0 saturated heterocycles. The molecule has 1 aliphatic rings. The number of nitrogens with two attached hydrogens (primary N) is 1. The fourth-order valence-electron chi connectivity index (χ4n) is 1.48. The number of nitrogens with zero attached hydrogens (tertiary/aromatic N) is 1. The lowest BCUT2D eigenvalue weighted by atomic mass is 10.1. The van der Waals surface area contributed by atoms with Crippen molar-refractivity contribution in [3.63, 3.8) is 0 Å². The number of rotatable bonds is 3. The number of allylic oxidation sites excluding steroid dienone is 2. The Balaban J connectivity index is 2.01. The van der Waals surface area contributed by atoms with Crippen molar-refractivity contribution < 1.29 is 4.74 Å². The van der Waals surface area contributed by atoms with Gasteiger partial charge in [-0.2, -0.15) is 0 Å². The molecule has 2 N–H and O–H groups in total. The second-order valence-corrected chi connectivity index (χ2v) is 4.50. The summed E-state index contributed by atoms with van der Waals surface area (Å²) in [6.45, 7) is 0.541. The summed E-state index contributed by atoms with van der Waals surface area (Å²) < 4.78 is 6.49. The molecular formula is C12H13BrN2O. The van der Waals surface area contributed by atoms with E-state index in [0.29, 0.717) is 18.2 Å². The highest BCUT2D eigenvalue weighted by molar-refractivity contribution is 9.10. The predicted molar refractivity (Wildman–Crippen MR) is 68.3 cm³/mol. The van der Waals surface area contributed by atoms with Crippen LogP contribution in [0.5, 0.6) is 5.75 Å². The minimum Gasteiger partial charge on any atom is -0.485 e. The lowest BCUT2D eigenvalue weighted by Gasteiger charge is -2.10. The maximum atomic E-state index is 5.71. The van der Waals surface area contributed by atoms with Crippen LogP contribution in [-0.4, -0.2) is 11.6 Å². The first-order valence-electron chi connectivity index (χ1n) is 5.15. The third-order valence-corrected chi connectivity index (χ3v) is 2.75. The van der Waals surface area contributed by atoms with Gasteiger partial charge in [-0.05, 0) is 40.4 Å². The zero-order chi connectivity index (χ0) is 11.4. The van der Waals surface area contributed by atoms with Gasteiger partial charge in [-0.1, -0.05) is 18.2 Å². The van der Waals surface area contributed by atoms with Crippen LogP contribution in [-0.2, 0) is 0 Å². The summed E-state index contributed by atoms with van der Waals surface area (Å²) >= 11 is 3.34. The Morgan fingerprint density at radius 3 is 3.06 bits per heavy atom. The van der Waals surface area contributed by atoms with E-state index < -0.39 is 0 Å². The summed E-state index contributed by atoms with van der Waals surface area (Å²) in [5.41, 5.74) is 6.90. The number of ether oxygens (including phenoxy) is 1. The van der Waals surface area contributed by atoms with E-state index in [-0.39, 0.29) is 0 Å². The molecular weight excluding hydrogens is 268 g/mol. The third-order valence-electron chi connectivity index (χ3n) is 2.31. The van der Waals surface area contributed by atoms with Gasteiger partial charge in [-0.3, -0.25) is 0 Å². The van der Waals surface area contributed by atoms with Crippen LogP contribution < -0.4 is 10.5 Å². The monoisotopic (exact) mass is 280 g/mol. The van der Waals surface area contributed by atoms with Crippen LogP contribution in [0, 0.1) is 0 Å². The molecule has 0 unspecified atom stereocenters. The number of hydrogen-bond donors (Lipinski definition) is 1. The first kappa shape index (κ1) is 11.2. The van der Waals surface area contributed by atoms with Crippen LogP contribution in [0.15, 0.2) is 40.5 Å². The standard InChI is InChI=1S/C12H13BrN2O/c13-10-6-11(12(14)15-7-10)16-8-9-4-2-1-3-5-9/h2,4-7H,1,3,8H2,(H2,14,15). The van der Waals surface area contributed by atoms with Crippen molar-refractivity contribution in [3.05, 3.63) is 40.5 Å². The Labute approximate surface area is 103 Å². The first-order valence-corrected chi connectivity index (χ1v) is 5.94. The average Bonchev–Trinajstić information content (AvgIpc) is 2.32. The van der Waals surface area contributed by atoms with Crippen molar-refractivity contribution in [2.24, 2.45) is 0 Å². The zero-order valence-electron chi connectivity index (χ0n) is 8.82. The number of aromatic nitrogens is 1. The van der Waals surface area contributed by atoms with Crippen LogP contribution in [0.3, 0.4) is 0 Å². The summed E-state index contributed by atoms with van der Waals surface area (Å²) in [4.78, 5) is 4.01. The second kappa shape index (κ2) is 5.16. The van der Waals surface area contributed by atoms with Crippen LogP contribution in [0.1, 0.15) is 12.8 Å². The Morgan fingerprint density at radius 1 is 1.44 bits per heavy atom. The Morgan fingerprint density at radius 2 is 2.31 bits per heavy atom. The Bertz CT molecular complexity index is 441. The average molecular weight is 281 g/mol. The van der Waals surface area contributed by atoms with Gasteiger partial charge in [0.25, 0.3) is 0 Å². The predicted octanol–water partition coefficient (Wildman–Crippen LogP) is 3.08. The van der Waals surface area contributed by atoms with Gasteiger partial charge in [0.15, 0.2) is 11.6 Å². The maximum absolute atomic E-state index is 5.71. The minimum atomic E-state index is 0.420. The molecule has 0 amide bonds. The van der Waals surface area contributed by atoms with Gasteiger partial charge >= 0.3 is 0 Å². The highest BCUT2D eigenvalue weighted by Crippen LogP contribution is 2.23. The molecule has 1 aromatic heterocycles. The van der Waals surface area contributed by atoms with Crippen LogP contribution >= 0.6 is 15.9 Å². The highest BCUT2D eigenvalue weighted by Gasteiger charge is 2.04. The van der Waals surface area contributed by atoms with Crippen molar-refractivity contribution in [3.8, 4) is 5.75 Å². The molecule has 0 bridgehead atoms. The van der Waals surface area contributed by atoms with Gasteiger partial charge in [-0.15, -0.1) is 0 Å². The van der Waals surface area contributed by atoms with E-state index in [0.717, 1.165) is 17.3 Å². The minimum absolute atomic E-state index is 0.420. The lowest BCUT2D eigenvalue weighted by Crippen LogP contribution is -2.04. The van der Waals surface area contributed by atoms with E-state index in [1.54, 1.807) is 6.20 Å². The Kier molecular flexibility index (Phi) is 3.62. The van der Waals surface area contributed by atoms with Crippen molar-refractivity contribution in [2.75, 3.05) is 12.3 Å². The number of hydrogen-bond acceptors (Lipinski definition) is 3. The molecule has 0 spiro atoms. The first-order chi connectivity index (χ1) is 7.75. The van der Waals surface area contributed by atoms with E-state index >= 15 is 0 Å². The molecule has 3 nitrogen and oxygen atoms in total. The van der Waals surface area contributed by atoms with Gasteiger partial charge < -0.3 is 10.5 Å².